The fraction of sp³-hybridized carbons (Fsp3) is 0.190. The molecule has 6 heteroatoms. The highest BCUT2D eigenvalue weighted by molar-refractivity contribution is 5.95. The molecule has 0 unspecified atom stereocenters. The van der Waals surface area contributed by atoms with Crippen molar-refractivity contribution < 1.29 is 13.6 Å². The van der Waals surface area contributed by atoms with Gasteiger partial charge in [0.25, 0.3) is 5.56 Å². The first kappa shape index (κ1) is 18.6. The molecule has 1 heterocycles. The molecule has 0 aliphatic rings. The van der Waals surface area contributed by atoms with Crippen LogP contribution in [0.1, 0.15) is 36.3 Å². The second-order valence-electron chi connectivity index (χ2n) is 6.96. The fourth-order valence-electron chi connectivity index (χ4n) is 2.84. The maximum atomic E-state index is 13.5. The van der Waals surface area contributed by atoms with Gasteiger partial charge in [0.15, 0.2) is 17.4 Å². The molecule has 0 radical (unpaired) electrons. The Morgan fingerprint density at radius 2 is 1.74 bits per heavy atom. The molecule has 27 heavy (non-hydrogen) atoms. The van der Waals surface area contributed by atoms with Crippen LogP contribution >= 0.6 is 0 Å². The lowest BCUT2D eigenvalue weighted by atomic mass is 9.79. The average molecular weight is 368 g/mol. The fourth-order valence-corrected chi connectivity index (χ4v) is 2.84. The Hall–Kier alpha value is -3.15. The molecular weight excluding hydrogens is 350 g/mol. The Bertz CT molecular complexity index is 1040. The van der Waals surface area contributed by atoms with Crippen LogP contribution in [0.2, 0.25) is 0 Å². The Morgan fingerprint density at radius 1 is 1.04 bits per heavy atom. The van der Waals surface area contributed by atoms with Gasteiger partial charge < -0.3 is 4.98 Å². The molecule has 0 atom stereocenters. The van der Waals surface area contributed by atoms with Gasteiger partial charge in [-0.15, -0.1) is 0 Å². The summed E-state index contributed by atoms with van der Waals surface area (Å²) in [5.41, 5.74) is 0.0149. The number of carbonyl (C=O) groups excluding carboxylic acids is 1. The summed E-state index contributed by atoms with van der Waals surface area (Å²) in [5, 5.41) is 0. The van der Waals surface area contributed by atoms with Gasteiger partial charge >= 0.3 is 0 Å². The van der Waals surface area contributed by atoms with Gasteiger partial charge in [0.1, 0.15) is 11.5 Å². The van der Waals surface area contributed by atoms with Crippen molar-refractivity contribution in [2.24, 2.45) is 0 Å². The normalized spacial score (nSPS) is 11.4. The molecule has 0 spiro atoms. The summed E-state index contributed by atoms with van der Waals surface area (Å²) in [6.07, 6.45) is -0.0112. The van der Waals surface area contributed by atoms with Crippen molar-refractivity contribution in [1.82, 2.24) is 9.97 Å². The Balaban J connectivity index is 1.90. The van der Waals surface area contributed by atoms with E-state index in [1.165, 1.54) is 6.07 Å². The van der Waals surface area contributed by atoms with Crippen molar-refractivity contribution in [3.05, 3.63) is 87.8 Å². The van der Waals surface area contributed by atoms with Crippen molar-refractivity contribution in [3.8, 4) is 11.4 Å². The minimum Gasteiger partial charge on any atom is -0.306 e. The summed E-state index contributed by atoms with van der Waals surface area (Å²) < 4.78 is 26.7. The molecule has 0 fully saturated rings. The zero-order chi connectivity index (χ0) is 19.6. The Kier molecular flexibility index (Phi) is 4.99. The van der Waals surface area contributed by atoms with Crippen LogP contribution in [0, 0.1) is 11.6 Å². The molecule has 0 saturated carbocycles. The van der Waals surface area contributed by atoms with Gasteiger partial charge in [0.05, 0.1) is 0 Å². The first-order valence-corrected chi connectivity index (χ1v) is 8.42. The lowest BCUT2D eigenvalue weighted by molar-refractivity contribution is 0.0953. The molecular formula is C21H18F2N2O2. The van der Waals surface area contributed by atoms with Crippen LogP contribution in [0.4, 0.5) is 8.78 Å². The Labute approximate surface area is 154 Å². The molecule has 0 aliphatic carbocycles. The highest BCUT2D eigenvalue weighted by Gasteiger charge is 2.27. The van der Waals surface area contributed by atoms with E-state index in [0.29, 0.717) is 17.0 Å². The highest BCUT2D eigenvalue weighted by atomic mass is 19.2. The number of nitrogens with one attached hydrogen (secondary N) is 1. The van der Waals surface area contributed by atoms with Crippen LogP contribution in [0.15, 0.2) is 59.4 Å². The largest absolute Gasteiger partial charge is 0.306 e. The third kappa shape index (κ3) is 4.16. The molecule has 1 N–H and O–H groups in total. The SMILES string of the molecule is CC(C)(CC(=O)c1cc(=O)[nH]c(-c2ccccc2)n1)c1ccc(F)c(F)c1. The van der Waals surface area contributed by atoms with E-state index >= 15 is 0 Å². The van der Waals surface area contributed by atoms with Crippen LogP contribution in [-0.4, -0.2) is 15.8 Å². The number of aromatic nitrogens is 2. The maximum Gasteiger partial charge on any atom is 0.251 e. The predicted octanol–water partition coefficient (Wildman–Crippen LogP) is 4.27. The molecule has 3 rings (SSSR count). The van der Waals surface area contributed by atoms with Crippen LogP contribution in [-0.2, 0) is 5.41 Å². The molecule has 4 nitrogen and oxygen atoms in total. The minimum atomic E-state index is -0.964. The van der Waals surface area contributed by atoms with Gasteiger partial charge in [-0.3, -0.25) is 9.59 Å². The van der Waals surface area contributed by atoms with Crippen molar-refractivity contribution >= 4 is 5.78 Å². The van der Waals surface area contributed by atoms with E-state index in [1.807, 2.05) is 6.07 Å². The monoisotopic (exact) mass is 368 g/mol. The molecule has 0 bridgehead atoms. The summed E-state index contributed by atoms with van der Waals surface area (Å²) in [6.45, 7) is 3.51. The number of ketones is 1. The average Bonchev–Trinajstić information content (AvgIpc) is 2.63. The van der Waals surface area contributed by atoms with Gasteiger partial charge in [-0.2, -0.15) is 0 Å². The molecule has 1 aromatic heterocycles. The first-order chi connectivity index (χ1) is 12.8. The number of halogens is 2. The summed E-state index contributed by atoms with van der Waals surface area (Å²) in [5.74, 6) is -1.96. The predicted molar refractivity (Wildman–Crippen MR) is 98.6 cm³/mol. The summed E-state index contributed by atoms with van der Waals surface area (Å²) in [4.78, 5) is 31.6. The molecule has 0 saturated heterocycles. The quantitative estimate of drug-likeness (QED) is 0.684. The van der Waals surface area contributed by atoms with E-state index in [-0.39, 0.29) is 17.9 Å². The van der Waals surface area contributed by atoms with Gasteiger partial charge in [0, 0.05) is 18.1 Å². The zero-order valence-corrected chi connectivity index (χ0v) is 14.9. The lowest BCUT2D eigenvalue weighted by Crippen LogP contribution is -2.24. The number of nitrogens with zero attached hydrogens (tertiary/aromatic N) is 1. The molecule has 3 aromatic rings. The van der Waals surface area contributed by atoms with Gasteiger partial charge in [-0.05, 0) is 23.1 Å². The zero-order valence-electron chi connectivity index (χ0n) is 14.9. The summed E-state index contributed by atoms with van der Waals surface area (Å²) >= 11 is 0. The van der Waals surface area contributed by atoms with Crippen LogP contribution in [0.3, 0.4) is 0 Å². The van der Waals surface area contributed by atoms with Crippen molar-refractivity contribution in [3.63, 3.8) is 0 Å². The van der Waals surface area contributed by atoms with Crippen LogP contribution in [0.5, 0.6) is 0 Å². The van der Waals surface area contributed by atoms with Crippen molar-refractivity contribution in [2.45, 2.75) is 25.7 Å². The highest BCUT2D eigenvalue weighted by Crippen LogP contribution is 2.29. The second-order valence-corrected chi connectivity index (χ2v) is 6.96. The Morgan fingerprint density at radius 3 is 2.41 bits per heavy atom. The van der Waals surface area contributed by atoms with Crippen LogP contribution in [0.25, 0.3) is 11.4 Å². The first-order valence-electron chi connectivity index (χ1n) is 8.42. The standard InChI is InChI=1S/C21H18F2N2O2/c1-21(2,14-8-9-15(22)16(23)10-14)12-18(26)17-11-19(27)25-20(24-17)13-6-4-3-5-7-13/h3-11H,12H2,1-2H3,(H,24,25,27). The minimum absolute atomic E-state index is 0.0112. The maximum absolute atomic E-state index is 13.5. The van der Waals surface area contributed by atoms with E-state index in [1.54, 1.807) is 38.1 Å². The van der Waals surface area contributed by atoms with Gasteiger partial charge in [-0.25, -0.2) is 13.8 Å². The van der Waals surface area contributed by atoms with E-state index in [4.69, 9.17) is 0 Å². The lowest BCUT2D eigenvalue weighted by Gasteiger charge is -2.24. The topological polar surface area (TPSA) is 62.8 Å². The molecule has 2 aromatic carbocycles. The van der Waals surface area contributed by atoms with Crippen LogP contribution < -0.4 is 5.56 Å². The van der Waals surface area contributed by atoms with Gasteiger partial charge in [0.2, 0.25) is 0 Å². The van der Waals surface area contributed by atoms with E-state index in [0.717, 1.165) is 18.2 Å². The third-order valence-corrected chi connectivity index (χ3v) is 4.38. The van der Waals surface area contributed by atoms with Gasteiger partial charge in [-0.1, -0.05) is 50.2 Å². The van der Waals surface area contributed by atoms with Crippen molar-refractivity contribution in [2.75, 3.05) is 0 Å². The number of H-pyrrole nitrogens is 1. The van der Waals surface area contributed by atoms with E-state index in [2.05, 4.69) is 9.97 Å². The number of Topliss-reactive ketones (excluding diaryl/α,β-unsaturated/α-hetero) is 1. The summed E-state index contributed by atoms with van der Waals surface area (Å²) in [6, 6.07) is 13.7. The number of aromatic amines is 1. The number of hydrogen-bond acceptors (Lipinski definition) is 3. The number of benzene rings is 2. The molecule has 0 amide bonds. The van der Waals surface area contributed by atoms with E-state index in [9.17, 15) is 18.4 Å². The second kappa shape index (κ2) is 7.23. The number of rotatable bonds is 5. The number of hydrogen-bond donors (Lipinski definition) is 1. The number of carbonyl (C=O) groups is 1. The molecule has 138 valence electrons. The summed E-state index contributed by atoms with van der Waals surface area (Å²) in [7, 11) is 0. The third-order valence-electron chi connectivity index (χ3n) is 4.38. The van der Waals surface area contributed by atoms with Crippen molar-refractivity contribution in [1.29, 1.82) is 0 Å². The smallest absolute Gasteiger partial charge is 0.251 e. The molecule has 0 aliphatic heterocycles. The van der Waals surface area contributed by atoms with E-state index < -0.39 is 22.6 Å².